The predicted octanol–water partition coefficient (Wildman–Crippen LogP) is 10.8. The smallest absolute Gasteiger partial charge is 0.00675 e. The fourth-order valence-corrected chi connectivity index (χ4v) is 3.15. The number of allylic oxidation sites excluding steroid dienone is 8. The highest BCUT2D eigenvalue weighted by Crippen LogP contribution is 2.38. The maximum atomic E-state index is 4.04. The normalized spacial score (nSPS) is 11.5. The van der Waals surface area contributed by atoms with Gasteiger partial charge >= 0.3 is 0 Å². The first-order valence-corrected chi connectivity index (χ1v) is 11.8. The van der Waals surface area contributed by atoms with E-state index >= 15 is 0 Å². The molecule has 0 N–H and O–H groups in total. The largest absolute Gasteiger partial charge is 0.0985 e. The standard InChI is InChI=1S/C23H24.4C2H6/c1-7-18-13-11-12-16(5)22(20(18)9-3)23-17(6)14-15-19(8-2)21(23)10-4;4*1-2/h7-10,12-15H,1-4,11H2,5-6H3;4*1-2H3. The SMILES string of the molecule is C=CC1=CCC=C(C)C(c2c(C)ccc(C=C)c2C=C)=C1C=C.CC.CC.CC.CC. The summed E-state index contributed by atoms with van der Waals surface area (Å²) in [6.45, 7) is 36.3. The van der Waals surface area contributed by atoms with Crippen LogP contribution >= 0.6 is 0 Å². The Bertz CT molecular complexity index is 777. The molecule has 1 aliphatic rings. The lowest BCUT2D eigenvalue weighted by atomic mass is 9.84. The van der Waals surface area contributed by atoms with E-state index in [1.54, 1.807) is 0 Å². The molecule has 0 nitrogen and oxygen atoms in total. The Morgan fingerprint density at radius 2 is 1.23 bits per heavy atom. The number of benzene rings is 1. The van der Waals surface area contributed by atoms with Gasteiger partial charge in [-0.2, -0.15) is 0 Å². The minimum Gasteiger partial charge on any atom is -0.0985 e. The molecule has 0 atom stereocenters. The van der Waals surface area contributed by atoms with E-state index in [1.165, 1.54) is 22.3 Å². The molecule has 0 unspecified atom stereocenters. The summed E-state index contributed by atoms with van der Waals surface area (Å²) in [6, 6.07) is 4.24. The average Bonchev–Trinajstić information content (AvgIpc) is 3.01. The summed E-state index contributed by atoms with van der Waals surface area (Å²) in [5.41, 5.74) is 9.35. The van der Waals surface area contributed by atoms with Crippen molar-refractivity contribution < 1.29 is 0 Å². The molecule has 0 aromatic heterocycles. The number of aryl methyl sites for hydroxylation is 1. The molecule has 2 rings (SSSR count). The fourth-order valence-electron chi connectivity index (χ4n) is 3.15. The van der Waals surface area contributed by atoms with E-state index in [4.69, 9.17) is 0 Å². The molecule has 0 fully saturated rings. The third-order valence-corrected chi connectivity index (χ3v) is 4.32. The van der Waals surface area contributed by atoms with E-state index in [9.17, 15) is 0 Å². The van der Waals surface area contributed by atoms with Crippen molar-refractivity contribution in [3.05, 3.63) is 102 Å². The maximum absolute atomic E-state index is 4.04. The van der Waals surface area contributed by atoms with E-state index < -0.39 is 0 Å². The third kappa shape index (κ3) is 8.97. The zero-order valence-corrected chi connectivity index (χ0v) is 22.2. The van der Waals surface area contributed by atoms with Crippen LogP contribution in [0.4, 0.5) is 0 Å². The summed E-state index contributed by atoms with van der Waals surface area (Å²) in [4.78, 5) is 0. The lowest BCUT2D eigenvalue weighted by molar-refractivity contribution is 1.33. The molecule has 0 saturated carbocycles. The van der Waals surface area contributed by atoms with Gasteiger partial charge in [-0.1, -0.05) is 130 Å². The molecule has 1 aromatic rings. The quantitative estimate of drug-likeness (QED) is 0.444. The highest BCUT2D eigenvalue weighted by Gasteiger charge is 2.19. The highest BCUT2D eigenvalue weighted by molar-refractivity contribution is 5.92. The van der Waals surface area contributed by atoms with Crippen LogP contribution in [0.15, 0.2) is 79.5 Å². The molecule has 31 heavy (non-hydrogen) atoms. The zero-order valence-electron chi connectivity index (χ0n) is 22.2. The predicted molar refractivity (Wildman–Crippen MR) is 151 cm³/mol. The van der Waals surface area contributed by atoms with Crippen molar-refractivity contribution in [2.75, 3.05) is 0 Å². The topological polar surface area (TPSA) is 0 Å². The second kappa shape index (κ2) is 20.7. The van der Waals surface area contributed by atoms with Gasteiger partial charge in [0.25, 0.3) is 0 Å². The van der Waals surface area contributed by atoms with Crippen LogP contribution in [0.5, 0.6) is 0 Å². The van der Waals surface area contributed by atoms with Gasteiger partial charge in [-0.25, -0.2) is 0 Å². The van der Waals surface area contributed by atoms with Crippen LogP contribution in [0.1, 0.15) is 91.0 Å². The Kier molecular flexibility index (Phi) is 22.0. The van der Waals surface area contributed by atoms with Gasteiger partial charge in [0, 0.05) is 0 Å². The molecule has 0 heteroatoms. The lowest BCUT2D eigenvalue weighted by Gasteiger charge is -2.20. The number of rotatable bonds is 5. The van der Waals surface area contributed by atoms with Crippen molar-refractivity contribution in [1.29, 1.82) is 0 Å². The molecular weight excluding hydrogens is 372 g/mol. The third-order valence-electron chi connectivity index (χ3n) is 4.32. The number of hydrogen-bond acceptors (Lipinski definition) is 0. The van der Waals surface area contributed by atoms with E-state index in [1.807, 2.05) is 79.7 Å². The lowest BCUT2D eigenvalue weighted by Crippen LogP contribution is -2.00. The maximum Gasteiger partial charge on any atom is -0.00675 e. The van der Waals surface area contributed by atoms with Crippen molar-refractivity contribution in [2.24, 2.45) is 0 Å². The molecule has 0 radical (unpaired) electrons. The molecule has 0 amide bonds. The summed E-state index contributed by atoms with van der Waals surface area (Å²) in [5.74, 6) is 0. The molecule has 0 saturated heterocycles. The first kappa shape index (κ1) is 33.0. The second-order valence-electron chi connectivity index (χ2n) is 5.65. The van der Waals surface area contributed by atoms with Crippen molar-refractivity contribution in [3.63, 3.8) is 0 Å². The minimum absolute atomic E-state index is 0.900. The van der Waals surface area contributed by atoms with Gasteiger partial charge in [0.05, 0.1) is 0 Å². The molecular formula is C31H48. The molecule has 1 aromatic carbocycles. The van der Waals surface area contributed by atoms with Crippen molar-refractivity contribution in [3.8, 4) is 0 Å². The van der Waals surface area contributed by atoms with Crippen LogP contribution in [-0.4, -0.2) is 0 Å². The summed E-state index contributed by atoms with van der Waals surface area (Å²) in [7, 11) is 0. The van der Waals surface area contributed by atoms with E-state index in [2.05, 4.69) is 64.4 Å². The van der Waals surface area contributed by atoms with Crippen molar-refractivity contribution in [2.45, 2.75) is 75.7 Å². The number of hydrogen-bond donors (Lipinski definition) is 0. The Balaban J connectivity index is -0.000000879. The molecule has 0 bridgehead atoms. The second-order valence-corrected chi connectivity index (χ2v) is 5.65. The Morgan fingerprint density at radius 3 is 1.65 bits per heavy atom. The van der Waals surface area contributed by atoms with Crippen LogP contribution in [-0.2, 0) is 0 Å². The first-order valence-electron chi connectivity index (χ1n) is 11.8. The van der Waals surface area contributed by atoms with Crippen molar-refractivity contribution >= 4 is 17.7 Å². The van der Waals surface area contributed by atoms with Gasteiger partial charge in [-0.3, -0.25) is 0 Å². The summed E-state index contributed by atoms with van der Waals surface area (Å²) in [5, 5.41) is 0. The molecule has 172 valence electrons. The van der Waals surface area contributed by atoms with E-state index in [0.29, 0.717) is 0 Å². The van der Waals surface area contributed by atoms with Crippen LogP contribution in [0.3, 0.4) is 0 Å². The minimum atomic E-state index is 0.900. The van der Waals surface area contributed by atoms with Gasteiger partial charge < -0.3 is 0 Å². The fraction of sp³-hybridized carbons (Fsp3) is 0.355. The summed E-state index contributed by atoms with van der Waals surface area (Å²) < 4.78 is 0. The van der Waals surface area contributed by atoms with Gasteiger partial charge in [-0.05, 0) is 64.8 Å². The van der Waals surface area contributed by atoms with Gasteiger partial charge in [0.2, 0.25) is 0 Å². The molecule has 0 aliphatic heterocycles. The summed E-state index contributed by atoms with van der Waals surface area (Å²) in [6.07, 6.45) is 13.0. The van der Waals surface area contributed by atoms with Gasteiger partial charge in [-0.15, -0.1) is 0 Å². The van der Waals surface area contributed by atoms with Crippen LogP contribution < -0.4 is 0 Å². The van der Waals surface area contributed by atoms with Crippen LogP contribution in [0.2, 0.25) is 0 Å². The van der Waals surface area contributed by atoms with Crippen LogP contribution in [0.25, 0.3) is 17.7 Å². The zero-order chi connectivity index (χ0) is 25.0. The average molecular weight is 421 g/mol. The highest BCUT2D eigenvalue weighted by atomic mass is 14.2. The van der Waals surface area contributed by atoms with Crippen LogP contribution in [0, 0.1) is 6.92 Å². The Morgan fingerprint density at radius 1 is 0.677 bits per heavy atom. The molecule has 0 heterocycles. The molecule has 1 aliphatic carbocycles. The van der Waals surface area contributed by atoms with Gasteiger partial charge in [0.1, 0.15) is 0 Å². The van der Waals surface area contributed by atoms with E-state index in [-0.39, 0.29) is 0 Å². The Hall–Kier alpha value is -2.60. The molecule has 0 spiro atoms. The van der Waals surface area contributed by atoms with E-state index in [0.717, 1.165) is 28.7 Å². The Labute approximate surface area is 195 Å². The first-order chi connectivity index (χ1) is 15.1. The van der Waals surface area contributed by atoms with Crippen molar-refractivity contribution in [1.82, 2.24) is 0 Å². The van der Waals surface area contributed by atoms with Gasteiger partial charge in [0.15, 0.2) is 0 Å². The summed E-state index contributed by atoms with van der Waals surface area (Å²) >= 11 is 0. The monoisotopic (exact) mass is 420 g/mol.